The number of amides is 1. The van der Waals surface area contributed by atoms with E-state index in [1.165, 1.54) is 12.1 Å². The van der Waals surface area contributed by atoms with Crippen LogP contribution in [0.1, 0.15) is 23.9 Å². The molecule has 0 saturated carbocycles. The van der Waals surface area contributed by atoms with E-state index in [9.17, 15) is 9.18 Å². The van der Waals surface area contributed by atoms with Crippen LogP contribution in [0, 0.1) is 19.7 Å². The molecule has 1 heterocycles. The Hall–Kier alpha value is -1.92. The van der Waals surface area contributed by atoms with Crippen LogP contribution in [0.3, 0.4) is 0 Å². The number of likely N-dealkylation sites (N-methyl/N-ethyl adjacent to an activating group) is 1. The normalized spacial score (nSPS) is 10.3. The van der Waals surface area contributed by atoms with E-state index in [0.717, 1.165) is 35.7 Å². The van der Waals surface area contributed by atoms with Gasteiger partial charge < -0.3 is 10.6 Å². The number of hydrogen-bond acceptors (Lipinski definition) is 3. The van der Waals surface area contributed by atoms with Crippen molar-refractivity contribution in [2.45, 2.75) is 27.2 Å². The molecule has 7 heteroatoms. The molecule has 0 saturated heterocycles. The van der Waals surface area contributed by atoms with E-state index in [-0.39, 0.29) is 24.1 Å². The summed E-state index contributed by atoms with van der Waals surface area (Å²) in [6.07, 6.45) is 0.297. The molecule has 132 valence electrons. The van der Waals surface area contributed by atoms with Crippen LogP contribution in [0.5, 0.6) is 0 Å². The predicted octanol–water partition coefficient (Wildman–Crippen LogP) is 2.32. The fraction of sp³-hybridized carbons (Fsp3) is 0.412. The van der Waals surface area contributed by atoms with Crippen LogP contribution in [0.15, 0.2) is 24.3 Å². The highest BCUT2D eigenvalue weighted by Crippen LogP contribution is 2.18. The van der Waals surface area contributed by atoms with Crippen molar-refractivity contribution in [1.82, 2.24) is 20.4 Å². The highest BCUT2D eigenvalue weighted by molar-refractivity contribution is 5.85. The van der Waals surface area contributed by atoms with Gasteiger partial charge in [-0.1, -0.05) is 6.92 Å². The average molecular weight is 355 g/mol. The van der Waals surface area contributed by atoms with Crippen molar-refractivity contribution < 1.29 is 9.18 Å². The van der Waals surface area contributed by atoms with Crippen LogP contribution in [-0.4, -0.2) is 35.3 Å². The average Bonchev–Trinajstić information content (AvgIpc) is 2.80. The molecule has 0 spiro atoms. The van der Waals surface area contributed by atoms with Gasteiger partial charge in [-0.25, -0.2) is 9.07 Å². The Bertz CT molecular complexity index is 670. The van der Waals surface area contributed by atoms with Gasteiger partial charge in [0, 0.05) is 24.3 Å². The van der Waals surface area contributed by atoms with Crippen molar-refractivity contribution in [2.24, 2.45) is 0 Å². The minimum Gasteiger partial charge on any atom is -0.355 e. The molecule has 24 heavy (non-hydrogen) atoms. The number of nitrogens with zero attached hydrogens (tertiary/aromatic N) is 2. The smallest absolute Gasteiger partial charge is 0.224 e. The Labute approximate surface area is 148 Å². The molecule has 0 atom stereocenters. The molecule has 1 aromatic heterocycles. The van der Waals surface area contributed by atoms with E-state index in [2.05, 4.69) is 15.7 Å². The van der Waals surface area contributed by atoms with Gasteiger partial charge in [0.05, 0.1) is 17.8 Å². The molecular weight excluding hydrogens is 331 g/mol. The van der Waals surface area contributed by atoms with Crippen LogP contribution in [-0.2, 0) is 11.2 Å². The van der Waals surface area contributed by atoms with Gasteiger partial charge >= 0.3 is 0 Å². The number of nitrogens with one attached hydrogen (secondary N) is 2. The number of halogens is 2. The Morgan fingerprint density at radius 1 is 1.21 bits per heavy atom. The zero-order chi connectivity index (χ0) is 16.8. The topological polar surface area (TPSA) is 58.9 Å². The fourth-order valence-corrected chi connectivity index (χ4v) is 2.45. The van der Waals surface area contributed by atoms with Crippen LogP contribution >= 0.6 is 12.4 Å². The molecule has 2 aromatic rings. The molecule has 0 aliphatic carbocycles. The summed E-state index contributed by atoms with van der Waals surface area (Å²) in [5.41, 5.74) is 3.41. The lowest BCUT2D eigenvalue weighted by Crippen LogP contribution is -2.32. The van der Waals surface area contributed by atoms with Gasteiger partial charge in [0.1, 0.15) is 5.82 Å². The van der Waals surface area contributed by atoms with Crippen molar-refractivity contribution in [1.29, 1.82) is 0 Å². The standard InChI is InChI=1S/C17H23FN4O.ClH/c1-4-19-9-10-20-17(23)11-16-12(2)21-22(13(16)3)15-7-5-14(18)6-8-15;/h5-8,19H,4,9-11H2,1-3H3,(H,20,23);1H. The lowest BCUT2D eigenvalue weighted by Gasteiger charge is -2.07. The largest absolute Gasteiger partial charge is 0.355 e. The molecule has 0 aliphatic heterocycles. The molecule has 0 bridgehead atoms. The molecule has 2 N–H and O–H groups in total. The lowest BCUT2D eigenvalue weighted by molar-refractivity contribution is -0.120. The van der Waals surface area contributed by atoms with Crippen LogP contribution in [0.25, 0.3) is 5.69 Å². The quantitative estimate of drug-likeness (QED) is 0.750. The van der Waals surface area contributed by atoms with Crippen LogP contribution < -0.4 is 10.6 Å². The van der Waals surface area contributed by atoms with Crippen LogP contribution in [0.2, 0.25) is 0 Å². The summed E-state index contributed by atoms with van der Waals surface area (Å²) in [7, 11) is 0. The fourth-order valence-electron chi connectivity index (χ4n) is 2.45. The third kappa shape index (κ3) is 5.04. The van der Waals surface area contributed by atoms with Crippen molar-refractivity contribution in [3.63, 3.8) is 0 Å². The Kier molecular flexibility index (Phi) is 7.88. The summed E-state index contributed by atoms with van der Waals surface area (Å²) < 4.78 is 14.8. The van der Waals surface area contributed by atoms with E-state index >= 15 is 0 Å². The van der Waals surface area contributed by atoms with Crippen LogP contribution in [0.4, 0.5) is 4.39 Å². The molecule has 2 rings (SSSR count). The van der Waals surface area contributed by atoms with Gasteiger partial charge in [0.15, 0.2) is 0 Å². The Morgan fingerprint density at radius 2 is 1.88 bits per heavy atom. The molecule has 1 amide bonds. The summed E-state index contributed by atoms with van der Waals surface area (Å²) >= 11 is 0. The summed E-state index contributed by atoms with van der Waals surface area (Å²) in [5, 5.41) is 10.5. The zero-order valence-electron chi connectivity index (χ0n) is 14.2. The number of aromatic nitrogens is 2. The second-order valence-corrected chi connectivity index (χ2v) is 5.42. The maximum Gasteiger partial charge on any atom is 0.224 e. The van der Waals surface area contributed by atoms with Gasteiger partial charge in [0.25, 0.3) is 0 Å². The maximum atomic E-state index is 13.0. The highest BCUT2D eigenvalue weighted by Gasteiger charge is 2.15. The summed E-state index contributed by atoms with van der Waals surface area (Å²) in [4.78, 5) is 12.0. The van der Waals surface area contributed by atoms with E-state index in [0.29, 0.717) is 13.0 Å². The first-order valence-electron chi connectivity index (χ1n) is 7.81. The van der Waals surface area contributed by atoms with Gasteiger partial charge in [0.2, 0.25) is 5.91 Å². The number of rotatable bonds is 7. The number of aryl methyl sites for hydroxylation is 1. The first-order chi connectivity index (χ1) is 11.0. The monoisotopic (exact) mass is 354 g/mol. The van der Waals surface area contributed by atoms with Gasteiger partial charge in [-0.2, -0.15) is 5.10 Å². The molecule has 0 unspecified atom stereocenters. The minimum absolute atomic E-state index is 0. The van der Waals surface area contributed by atoms with E-state index in [4.69, 9.17) is 0 Å². The number of carbonyl (C=O) groups excluding carboxylic acids is 1. The first kappa shape index (κ1) is 20.1. The molecule has 0 radical (unpaired) electrons. The second-order valence-electron chi connectivity index (χ2n) is 5.42. The number of carbonyl (C=O) groups is 1. The molecule has 5 nitrogen and oxygen atoms in total. The zero-order valence-corrected chi connectivity index (χ0v) is 15.0. The second kappa shape index (κ2) is 9.39. The van der Waals surface area contributed by atoms with Crippen molar-refractivity contribution in [2.75, 3.05) is 19.6 Å². The molecular formula is C17H24ClFN4O. The maximum absolute atomic E-state index is 13.0. The van der Waals surface area contributed by atoms with E-state index in [1.54, 1.807) is 16.8 Å². The summed E-state index contributed by atoms with van der Waals surface area (Å²) in [5.74, 6) is -0.302. The summed E-state index contributed by atoms with van der Waals surface area (Å²) in [6.45, 7) is 8.09. The van der Waals surface area contributed by atoms with Gasteiger partial charge in [-0.05, 0) is 44.7 Å². The summed E-state index contributed by atoms with van der Waals surface area (Å²) in [6, 6.07) is 6.15. The van der Waals surface area contributed by atoms with Crippen molar-refractivity contribution in [3.8, 4) is 5.69 Å². The van der Waals surface area contributed by atoms with Crippen molar-refractivity contribution in [3.05, 3.63) is 47.0 Å². The van der Waals surface area contributed by atoms with Gasteiger partial charge in [-0.15, -0.1) is 12.4 Å². The number of benzene rings is 1. The highest BCUT2D eigenvalue weighted by atomic mass is 35.5. The minimum atomic E-state index is -0.282. The molecule has 1 aromatic carbocycles. The Morgan fingerprint density at radius 3 is 2.50 bits per heavy atom. The van der Waals surface area contributed by atoms with E-state index < -0.39 is 0 Å². The SMILES string of the molecule is CCNCCNC(=O)Cc1c(C)nn(-c2ccc(F)cc2)c1C.Cl. The molecule has 0 aliphatic rings. The van der Waals surface area contributed by atoms with E-state index in [1.807, 2.05) is 20.8 Å². The first-order valence-corrected chi connectivity index (χ1v) is 7.81. The molecule has 0 fully saturated rings. The predicted molar refractivity (Wildman–Crippen MR) is 95.5 cm³/mol. The lowest BCUT2D eigenvalue weighted by atomic mass is 10.1. The van der Waals surface area contributed by atoms with Gasteiger partial charge in [-0.3, -0.25) is 4.79 Å². The number of hydrogen-bond donors (Lipinski definition) is 2. The third-order valence-corrected chi connectivity index (χ3v) is 3.72. The third-order valence-electron chi connectivity index (χ3n) is 3.72. The Balaban J connectivity index is 0.00000288. The van der Waals surface area contributed by atoms with Crippen molar-refractivity contribution >= 4 is 18.3 Å².